The summed E-state index contributed by atoms with van der Waals surface area (Å²) >= 11 is 1.51. The largest absolute Gasteiger partial charge is 0.496 e. The van der Waals surface area contributed by atoms with E-state index in [9.17, 15) is 4.79 Å². The second-order valence-corrected chi connectivity index (χ2v) is 4.28. The van der Waals surface area contributed by atoms with Crippen LogP contribution in [0.3, 0.4) is 0 Å². The van der Waals surface area contributed by atoms with E-state index >= 15 is 0 Å². The number of esters is 1. The van der Waals surface area contributed by atoms with Gasteiger partial charge in [-0.3, -0.25) is 0 Å². The van der Waals surface area contributed by atoms with Gasteiger partial charge in [0.1, 0.15) is 5.75 Å². The first-order chi connectivity index (χ1) is 8.19. The Bertz CT molecular complexity index is 401. The van der Waals surface area contributed by atoms with Crippen molar-refractivity contribution in [3.05, 3.63) is 36.4 Å². The van der Waals surface area contributed by atoms with Crippen molar-refractivity contribution in [2.45, 2.75) is 11.8 Å². The lowest BCUT2D eigenvalue weighted by molar-refractivity contribution is -0.138. The number of carbonyl (C=O) groups is 1. The number of thioether (sulfide) groups is 1. The molecule has 3 nitrogen and oxygen atoms in total. The second kappa shape index (κ2) is 7.01. The number of hydrogen-bond donors (Lipinski definition) is 0. The van der Waals surface area contributed by atoms with E-state index in [1.807, 2.05) is 24.3 Å². The van der Waals surface area contributed by atoms with E-state index in [0.29, 0.717) is 17.9 Å². The molecule has 0 radical (unpaired) electrons. The predicted octanol–water partition coefficient (Wildman–Crippen LogP) is 2.91. The SMILES string of the molecule is C=C(CSc1ccccc1OC)C(=O)OCC. The third-order valence-electron chi connectivity index (χ3n) is 2.04. The average molecular weight is 252 g/mol. The van der Waals surface area contributed by atoms with Crippen molar-refractivity contribution in [2.75, 3.05) is 19.5 Å². The van der Waals surface area contributed by atoms with Crippen molar-refractivity contribution in [3.63, 3.8) is 0 Å². The lowest BCUT2D eigenvalue weighted by Gasteiger charge is -2.08. The maximum absolute atomic E-state index is 11.4. The number of benzene rings is 1. The molecule has 0 saturated heterocycles. The van der Waals surface area contributed by atoms with Crippen LogP contribution < -0.4 is 4.74 Å². The molecule has 0 N–H and O–H groups in total. The first kappa shape index (κ1) is 13.6. The summed E-state index contributed by atoms with van der Waals surface area (Å²) in [7, 11) is 1.62. The van der Waals surface area contributed by atoms with Crippen molar-refractivity contribution in [3.8, 4) is 5.75 Å². The van der Waals surface area contributed by atoms with Gasteiger partial charge >= 0.3 is 5.97 Å². The van der Waals surface area contributed by atoms with Gasteiger partial charge in [0.15, 0.2) is 0 Å². The summed E-state index contributed by atoms with van der Waals surface area (Å²) in [6.45, 7) is 5.86. The molecule has 0 bridgehead atoms. The zero-order chi connectivity index (χ0) is 12.7. The highest BCUT2D eigenvalue weighted by atomic mass is 32.2. The molecule has 0 aliphatic carbocycles. The summed E-state index contributed by atoms with van der Waals surface area (Å²) in [6, 6.07) is 7.67. The van der Waals surface area contributed by atoms with Crippen LogP contribution in [0.1, 0.15) is 6.92 Å². The van der Waals surface area contributed by atoms with Crippen LogP contribution in [0, 0.1) is 0 Å². The molecule has 0 amide bonds. The Labute approximate surface area is 106 Å². The molecule has 4 heteroatoms. The highest BCUT2D eigenvalue weighted by molar-refractivity contribution is 7.99. The molecule has 0 aliphatic rings. The van der Waals surface area contributed by atoms with Crippen LogP contribution in [0.25, 0.3) is 0 Å². The summed E-state index contributed by atoms with van der Waals surface area (Å²) in [5.74, 6) is 0.961. The number of carbonyl (C=O) groups excluding carboxylic acids is 1. The Hall–Kier alpha value is -1.42. The summed E-state index contributed by atoms with van der Waals surface area (Å²) in [5, 5.41) is 0. The van der Waals surface area contributed by atoms with Gasteiger partial charge < -0.3 is 9.47 Å². The first-order valence-corrected chi connectivity index (χ1v) is 6.28. The highest BCUT2D eigenvalue weighted by Gasteiger charge is 2.09. The van der Waals surface area contributed by atoms with Gasteiger partial charge in [-0.1, -0.05) is 18.7 Å². The summed E-state index contributed by atoms with van der Waals surface area (Å²) in [6.07, 6.45) is 0. The zero-order valence-corrected chi connectivity index (χ0v) is 10.9. The minimum Gasteiger partial charge on any atom is -0.496 e. The number of rotatable bonds is 6. The smallest absolute Gasteiger partial charge is 0.334 e. The van der Waals surface area contributed by atoms with Crippen LogP contribution in [-0.4, -0.2) is 25.4 Å². The fraction of sp³-hybridized carbons (Fsp3) is 0.308. The maximum Gasteiger partial charge on any atom is 0.334 e. The second-order valence-electron chi connectivity index (χ2n) is 3.26. The Balaban J connectivity index is 2.55. The molecule has 0 spiro atoms. The summed E-state index contributed by atoms with van der Waals surface area (Å²) in [5.41, 5.74) is 0.461. The zero-order valence-electron chi connectivity index (χ0n) is 10.1. The van der Waals surface area contributed by atoms with Gasteiger partial charge in [0.05, 0.1) is 13.7 Å². The molecule has 0 atom stereocenters. The Morgan fingerprint density at radius 2 is 2.12 bits per heavy atom. The maximum atomic E-state index is 11.4. The molecule has 1 rings (SSSR count). The van der Waals surface area contributed by atoms with Gasteiger partial charge in [0, 0.05) is 16.2 Å². The van der Waals surface area contributed by atoms with Gasteiger partial charge in [-0.2, -0.15) is 0 Å². The topological polar surface area (TPSA) is 35.5 Å². The third-order valence-corrected chi connectivity index (χ3v) is 3.18. The minimum atomic E-state index is -0.338. The molecule has 1 aromatic carbocycles. The van der Waals surface area contributed by atoms with Gasteiger partial charge in [0.25, 0.3) is 0 Å². The monoisotopic (exact) mass is 252 g/mol. The van der Waals surface area contributed by atoms with Crippen LogP contribution in [0.15, 0.2) is 41.3 Å². The molecule has 0 unspecified atom stereocenters. The molecular weight excluding hydrogens is 236 g/mol. The van der Waals surface area contributed by atoms with Gasteiger partial charge in [0.2, 0.25) is 0 Å². The van der Waals surface area contributed by atoms with Crippen LogP contribution in [0.4, 0.5) is 0 Å². The van der Waals surface area contributed by atoms with E-state index in [1.165, 1.54) is 11.8 Å². The average Bonchev–Trinajstić information content (AvgIpc) is 2.36. The van der Waals surface area contributed by atoms with Crippen LogP contribution in [0.2, 0.25) is 0 Å². The van der Waals surface area contributed by atoms with Crippen molar-refractivity contribution < 1.29 is 14.3 Å². The van der Waals surface area contributed by atoms with Crippen molar-refractivity contribution in [2.24, 2.45) is 0 Å². The summed E-state index contributed by atoms with van der Waals surface area (Å²) in [4.78, 5) is 12.3. The van der Waals surface area contributed by atoms with Crippen molar-refractivity contribution >= 4 is 17.7 Å². The molecule has 0 heterocycles. The molecule has 0 saturated carbocycles. The number of para-hydroxylation sites is 1. The Morgan fingerprint density at radius 1 is 1.41 bits per heavy atom. The van der Waals surface area contributed by atoms with Crippen LogP contribution in [0.5, 0.6) is 5.75 Å². The van der Waals surface area contributed by atoms with Crippen LogP contribution >= 0.6 is 11.8 Å². The Kier molecular flexibility index (Phi) is 5.63. The third kappa shape index (κ3) is 4.15. The fourth-order valence-corrected chi connectivity index (χ4v) is 2.11. The standard InChI is InChI=1S/C13H16O3S/c1-4-16-13(14)10(2)9-17-12-8-6-5-7-11(12)15-3/h5-8H,2,4,9H2,1,3H3. The Morgan fingerprint density at radius 3 is 2.76 bits per heavy atom. The van der Waals surface area contributed by atoms with E-state index in [1.54, 1.807) is 14.0 Å². The van der Waals surface area contributed by atoms with Gasteiger partial charge in [-0.05, 0) is 19.1 Å². The quantitative estimate of drug-likeness (QED) is 0.443. The molecule has 0 fully saturated rings. The van der Waals surface area contributed by atoms with Crippen LogP contribution in [-0.2, 0) is 9.53 Å². The lowest BCUT2D eigenvalue weighted by Crippen LogP contribution is -2.08. The molecule has 17 heavy (non-hydrogen) atoms. The highest BCUT2D eigenvalue weighted by Crippen LogP contribution is 2.29. The van der Waals surface area contributed by atoms with E-state index < -0.39 is 0 Å². The molecule has 0 aromatic heterocycles. The predicted molar refractivity (Wildman–Crippen MR) is 69.5 cm³/mol. The van der Waals surface area contributed by atoms with Gasteiger partial charge in [-0.25, -0.2) is 4.79 Å². The van der Waals surface area contributed by atoms with Crippen molar-refractivity contribution in [1.82, 2.24) is 0 Å². The van der Waals surface area contributed by atoms with Gasteiger partial charge in [-0.15, -0.1) is 11.8 Å². The molecule has 0 aliphatic heterocycles. The molecule has 92 valence electrons. The number of methoxy groups -OCH3 is 1. The van der Waals surface area contributed by atoms with Crippen molar-refractivity contribution in [1.29, 1.82) is 0 Å². The van der Waals surface area contributed by atoms with E-state index in [2.05, 4.69) is 6.58 Å². The molecule has 1 aromatic rings. The number of hydrogen-bond acceptors (Lipinski definition) is 4. The number of ether oxygens (including phenoxy) is 2. The summed E-state index contributed by atoms with van der Waals surface area (Å²) < 4.78 is 10.1. The molecular formula is C13H16O3S. The van der Waals surface area contributed by atoms with E-state index in [0.717, 1.165) is 10.6 Å². The normalized spacial score (nSPS) is 9.76. The van der Waals surface area contributed by atoms with E-state index in [-0.39, 0.29) is 5.97 Å². The lowest BCUT2D eigenvalue weighted by atomic mass is 10.3. The fourth-order valence-electron chi connectivity index (χ4n) is 1.19. The van der Waals surface area contributed by atoms with E-state index in [4.69, 9.17) is 9.47 Å². The minimum absolute atomic E-state index is 0.338. The first-order valence-electron chi connectivity index (χ1n) is 5.29.